The van der Waals surface area contributed by atoms with Crippen molar-refractivity contribution in [3.63, 3.8) is 0 Å². The molecule has 0 saturated carbocycles. The van der Waals surface area contributed by atoms with Crippen molar-refractivity contribution in [3.05, 3.63) is 350 Å². The molecule has 0 spiro atoms. The lowest BCUT2D eigenvalue weighted by Gasteiger charge is -2.12. The maximum Gasteiger partial charge on any atom is 0.160 e. The van der Waals surface area contributed by atoms with Crippen LogP contribution < -0.4 is 0 Å². The van der Waals surface area contributed by atoms with Crippen LogP contribution in [-0.2, 0) is 0 Å². The van der Waals surface area contributed by atoms with Gasteiger partial charge in [0.05, 0.1) is 39.9 Å². The van der Waals surface area contributed by atoms with E-state index in [0.29, 0.717) is 29.6 Å². The van der Waals surface area contributed by atoms with Crippen molar-refractivity contribution >= 4 is 0 Å². The number of rotatable bonds is 14. The molecule has 14 rings (SSSR count). The Morgan fingerprint density at radius 3 is 0.707 bits per heavy atom. The highest BCUT2D eigenvalue weighted by Gasteiger charge is 2.15. The van der Waals surface area contributed by atoms with Crippen LogP contribution in [0.1, 0.15) is 127 Å². The van der Waals surface area contributed by atoms with Crippen molar-refractivity contribution in [1.82, 2.24) is 39.9 Å². The number of hydrogen-bond acceptors (Lipinski definition) is 8. The average Bonchev–Trinajstić information content (AvgIpc) is 0.926. The van der Waals surface area contributed by atoms with Crippen molar-refractivity contribution in [2.45, 2.75) is 98.8 Å². The van der Waals surface area contributed by atoms with Crippen LogP contribution in [0, 0.1) is 0 Å². The Labute approximate surface area is 586 Å². The van der Waals surface area contributed by atoms with Crippen molar-refractivity contribution < 1.29 is 0 Å². The second-order valence-corrected chi connectivity index (χ2v) is 25.7. The number of aromatic nitrogens is 8. The highest BCUT2D eigenvalue weighted by Crippen LogP contribution is 2.31. The fraction of sp³-hybridized carbons (Fsp3) is 0.165. The first-order valence-corrected chi connectivity index (χ1v) is 34.4. The molecule has 0 aliphatic heterocycles. The van der Waals surface area contributed by atoms with Crippen molar-refractivity contribution in [3.8, 4) is 102 Å². The summed E-state index contributed by atoms with van der Waals surface area (Å²) >= 11 is 0. The van der Waals surface area contributed by atoms with E-state index in [1.165, 1.54) is 11.1 Å². The van der Waals surface area contributed by atoms with Gasteiger partial charge in [0.15, 0.2) is 11.6 Å². The predicted octanol–water partition coefficient (Wildman–Crippen LogP) is 24.2. The summed E-state index contributed by atoms with van der Waals surface area (Å²) in [5.41, 5.74) is 21.8. The van der Waals surface area contributed by atoms with E-state index in [1.807, 2.05) is 164 Å². The van der Waals surface area contributed by atoms with Gasteiger partial charge in [0.25, 0.3) is 0 Å². The van der Waals surface area contributed by atoms with Crippen LogP contribution in [0.2, 0.25) is 0 Å². The molecular weight excluding hydrogens is 1210 g/mol. The molecule has 0 fully saturated rings. The summed E-state index contributed by atoms with van der Waals surface area (Å²) in [5.74, 6) is 4.48. The topological polar surface area (TPSA) is 103 Å². The molecule has 5 aromatic heterocycles. The fourth-order valence-electron chi connectivity index (χ4n) is 10.6. The first-order valence-electron chi connectivity index (χ1n) is 34.4. The third kappa shape index (κ3) is 20.3. The van der Waals surface area contributed by atoms with E-state index in [1.54, 1.807) is 0 Å². The molecule has 0 amide bonds. The molecule has 8 heteroatoms. The summed E-state index contributed by atoms with van der Waals surface area (Å²) in [6.07, 6.45) is 0. The SMILES string of the molecule is CC(C)c1cc(-c2ccccc2)nc(-c2ccccc2)c1.CC(C)c1cc(-c2ccccc2)nc(-c2ccccc2)n1.CC(C)c1cc(-c2ccccc2)nc(-c2ccccc2)n1.CC(C)c1cccc(-c2ccccc2)n1.CC(C)c1nc(-c2ccccc2)cc(-c2ccccc2)n1. The van der Waals surface area contributed by atoms with Gasteiger partial charge in [-0.05, 0) is 71.7 Å². The summed E-state index contributed by atoms with van der Waals surface area (Å²) in [4.78, 5) is 37.9. The zero-order chi connectivity index (χ0) is 69.3. The third-order valence-corrected chi connectivity index (χ3v) is 16.4. The lowest BCUT2D eigenvalue weighted by Crippen LogP contribution is -2.01. The predicted molar refractivity (Wildman–Crippen MR) is 414 cm³/mol. The highest BCUT2D eigenvalue weighted by atomic mass is 14.9. The standard InChI is InChI=1S/C20H19N.3C19H18N2.C14H15N/c1-15(2)18-13-19(16-9-5-3-6-10-16)21-20(14-18)17-11-7-4-8-12-17;1-14(2)19-20-17(15-9-5-3-6-10-15)13-18(21-19)16-11-7-4-8-12-16;2*1-14(2)17-13-18(15-9-5-3-6-10-15)21-19(20-17)16-11-7-4-8-12-16;1-11(2)13-9-6-10-14(15-13)12-7-4-3-5-8-12/h3-15H,1-2H3;3*3-14H,1-2H3;3-11H,1-2H3. The molecule has 0 bridgehead atoms. The summed E-state index contributed by atoms with van der Waals surface area (Å²) in [6, 6.07) is 109. The van der Waals surface area contributed by atoms with Crippen LogP contribution in [0.5, 0.6) is 0 Å². The highest BCUT2D eigenvalue weighted by molar-refractivity contribution is 5.71. The van der Waals surface area contributed by atoms with Gasteiger partial charge < -0.3 is 0 Å². The van der Waals surface area contributed by atoms with E-state index in [-0.39, 0.29) is 0 Å². The maximum absolute atomic E-state index is 4.86. The van der Waals surface area contributed by atoms with Crippen LogP contribution in [0.3, 0.4) is 0 Å². The zero-order valence-corrected chi connectivity index (χ0v) is 58.6. The Morgan fingerprint density at radius 1 is 0.172 bits per heavy atom. The molecule has 492 valence electrons. The molecule has 14 aromatic rings. The average molecular weight is 1290 g/mol. The van der Waals surface area contributed by atoms with Crippen LogP contribution in [0.25, 0.3) is 102 Å². The van der Waals surface area contributed by atoms with E-state index in [9.17, 15) is 0 Å². The Balaban J connectivity index is 0.000000135. The normalized spacial score (nSPS) is 10.8. The Morgan fingerprint density at radius 2 is 0.434 bits per heavy atom. The number of hydrogen-bond donors (Lipinski definition) is 0. The van der Waals surface area contributed by atoms with Crippen LogP contribution in [0.15, 0.2) is 322 Å². The van der Waals surface area contributed by atoms with E-state index in [2.05, 4.69) is 232 Å². The van der Waals surface area contributed by atoms with Crippen LogP contribution >= 0.6 is 0 Å². The van der Waals surface area contributed by atoms with Gasteiger partial charge in [-0.3, -0.25) is 4.98 Å². The van der Waals surface area contributed by atoms with Gasteiger partial charge in [-0.2, -0.15) is 0 Å². The van der Waals surface area contributed by atoms with Gasteiger partial charge in [-0.1, -0.05) is 348 Å². The minimum atomic E-state index is 0.302. The molecule has 0 unspecified atom stereocenters. The molecular formula is C91H88N8. The van der Waals surface area contributed by atoms with E-state index >= 15 is 0 Å². The van der Waals surface area contributed by atoms with Gasteiger partial charge in [0.1, 0.15) is 5.82 Å². The van der Waals surface area contributed by atoms with E-state index in [4.69, 9.17) is 34.9 Å². The van der Waals surface area contributed by atoms with Gasteiger partial charge in [-0.15, -0.1) is 0 Å². The first-order chi connectivity index (χ1) is 48.2. The molecule has 0 saturated heterocycles. The van der Waals surface area contributed by atoms with Crippen LogP contribution in [-0.4, -0.2) is 39.9 Å². The third-order valence-electron chi connectivity index (χ3n) is 16.4. The fourth-order valence-corrected chi connectivity index (χ4v) is 10.6. The number of nitrogens with zero attached hydrogens (tertiary/aromatic N) is 8. The molecule has 9 aromatic carbocycles. The summed E-state index contributed by atoms with van der Waals surface area (Å²) in [6.45, 7) is 21.7. The summed E-state index contributed by atoms with van der Waals surface area (Å²) in [5, 5.41) is 0. The molecule has 0 aliphatic carbocycles. The first kappa shape index (κ1) is 70.3. The second kappa shape index (κ2) is 35.5. The summed E-state index contributed by atoms with van der Waals surface area (Å²) < 4.78 is 0. The molecule has 5 heterocycles. The van der Waals surface area contributed by atoms with Crippen LogP contribution in [0.4, 0.5) is 0 Å². The van der Waals surface area contributed by atoms with Gasteiger partial charge >= 0.3 is 0 Å². The molecule has 0 N–H and O–H groups in total. The maximum atomic E-state index is 4.86. The lowest BCUT2D eigenvalue weighted by molar-refractivity contribution is 0.778. The van der Waals surface area contributed by atoms with Gasteiger partial charge in [0.2, 0.25) is 0 Å². The minimum Gasteiger partial charge on any atom is -0.253 e. The second-order valence-electron chi connectivity index (χ2n) is 25.7. The minimum absolute atomic E-state index is 0.302. The molecule has 0 atom stereocenters. The van der Waals surface area contributed by atoms with E-state index < -0.39 is 0 Å². The van der Waals surface area contributed by atoms with Crippen molar-refractivity contribution in [1.29, 1.82) is 0 Å². The lowest BCUT2D eigenvalue weighted by atomic mass is 9.98. The van der Waals surface area contributed by atoms with Crippen molar-refractivity contribution in [2.24, 2.45) is 0 Å². The molecule has 8 nitrogen and oxygen atoms in total. The van der Waals surface area contributed by atoms with E-state index in [0.717, 1.165) is 119 Å². The van der Waals surface area contributed by atoms with Gasteiger partial charge in [-0.25, -0.2) is 34.9 Å². The summed E-state index contributed by atoms with van der Waals surface area (Å²) in [7, 11) is 0. The van der Waals surface area contributed by atoms with Gasteiger partial charge in [0, 0.05) is 73.1 Å². The Bertz CT molecular complexity index is 3960. The zero-order valence-electron chi connectivity index (χ0n) is 58.6. The quantitative estimate of drug-likeness (QED) is 0.106. The largest absolute Gasteiger partial charge is 0.253 e. The molecule has 0 radical (unpaired) electrons. The van der Waals surface area contributed by atoms with Crippen molar-refractivity contribution in [2.75, 3.05) is 0 Å². The Hall–Kier alpha value is -11.5. The molecule has 0 aliphatic rings. The number of benzene rings is 9. The smallest absolute Gasteiger partial charge is 0.160 e. The Kier molecular flexibility index (Phi) is 25.2. The monoisotopic (exact) mass is 1290 g/mol. The molecule has 99 heavy (non-hydrogen) atoms. The number of pyridine rings is 2.